The van der Waals surface area contributed by atoms with Gasteiger partial charge in [-0.15, -0.1) is 6.58 Å². The van der Waals surface area contributed by atoms with E-state index < -0.39 is 0 Å². The first-order valence-electron chi connectivity index (χ1n) is 5.51. The number of benzene rings is 1. The minimum Gasteiger partial charge on any atom is -0.491 e. The molecule has 1 aromatic rings. The maximum absolute atomic E-state index is 6.11. The summed E-state index contributed by atoms with van der Waals surface area (Å²) in [6, 6.07) is 5.81. The quantitative estimate of drug-likeness (QED) is 0.582. The summed E-state index contributed by atoms with van der Waals surface area (Å²) in [4.78, 5) is 0. The standard InChI is InChI=1S/C13H18ClNO/c1-3-5-9-16-13-11(10-15-4-2)7-6-8-12(13)14/h3,6-8,15H,1,4-5,9-10H2,2H3. The van der Waals surface area contributed by atoms with Crippen molar-refractivity contribution in [3.8, 4) is 5.75 Å². The van der Waals surface area contributed by atoms with Gasteiger partial charge in [-0.2, -0.15) is 0 Å². The maximum Gasteiger partial charge on any atom is 0.142 e. The van der Waals surface area contributed by atoms with Crippen LogP contribution in [0.4, 0.5) is 0 Å². The second kappa shape index (κ2) is 7.31. The molecule has 0 aliphatic rings. The summed E-state index contributed by atoms with van der Waals surface area (Å²) in [7, 11) is 0. The van der Waals surface area contributed by atoms with Gasteiger partial charge in [0.25, 0.3) is 0 Å². The Morgan fingerprint density at radius 2 is 2.31 bits per heavy atom. The number of para-hydroxylation sites is 1. The lowest BCUT2D eigenvalue weighted by Gasteiger charge is -2.12. The van der Waals surface area contributed by atoms with Crippen LogP contribution in [-0.4, -0.2) is 13.2 Å². The first kappa shape index (κ1) is 13.1. The largest absolute Gasteiger partial charge is 0.491 e. The Labute approximate surface area is 102 Å². The van der Waals surface area contributed by atoms with Gasteiger partial charge in [-0.3, -0.25) is 0 Å². The summed E-state index contributed by atoms with van der Waals surface area (Å²) in [5, 5.41) is 3.93. The van der Waals surface area contributed by atoms with E-state index in [0.29, 0.717) is 11.6 Å². The van der Waals surface area contributed by atoms with E-state index in [0.717, 1.165) is 30.8 Å². The van der Waals surface area contributed by atoms with E-state index in [1.165, 1.54) is 0 Å². The molecule has 1 aromatic carbocycles. The molecule has 0 amide bonds. The molecule has 0 saturated carbocycles. The molecule has 1 rings (SSSR count). The third-order valence-corrected chi connectivity index (χ3v) is 2.48. The van der Waals surface area contributed by atoms with Crippen molar-refractivity contribution in [3.63, 3.8) is 0 Å². The van der Waals surface area contributed by atoms with Gasteiger partial charge in [0.15, 0.2) is 0 Å². The number of rotatable bonds is 7. The highest BCUT2D eigenvalue weighted by molar-refractivity contribution is 6.32. The maximum atomic E-state index is 6.11. The second-order valence-corrected chi connectivity index (χ2v) is 3.84. The van der Waals surface area contributed by atoms with Crippen LogP contribution < -0.4 is 10.1 Å². The molecule has 0 saturated heterocycles. The molecule has 0 heterocycles. The molecule has 88 valence electrons. The molecule has 0 spiro atoms. The molecule has 0 bridgehead atoms. The topological polar surface area (TPSA) is 21.3 Å². The average molecular weight is 240 g/mol. The van der Waals surface area contributed by atoms with Crippen LogP contribution >= 0.6 is 11.6 Å². The lowest BCUT2D eigenvalue weighted by atomic mass is 10.2. The first-order chi connectivity index (χ1) is 7.79. The van der Waals surface area contributed by atoms with Crippen molar-refractivity contribution >= 4 is 11.6 Å². The van der Waals surface area contributed by atoms with Crippen LogP contribution in [0.3, 0.4) is 0 Å². The zero-order valence-electron chi connectivity index (χ0n) is 9.63. The van der Waals surface area contributed by atoms with Crippen molar-refractivity contribution in [1.29, 1.82) is 0 Å². The molecule has 0 aliphatic carbocycles. The zero-order chi connectivity index (χ0) is 11.8. The SMILES string of the molecule is C=CCCOc1c(Cl)cccc1CNCC. The van der Waals surface area contributed by atoms with Crippen molar-refractivity contribution in [2.45, 2.75) is 19.9 Å². The van der Waals surface area contributed by atoms with Crippen LogP contribution in [0.15, 0.2) is 30.9 Å². The summed E-state index contributed by atoms with van der Waals surface area (Å²) in [6.07, 6.45) is 2.66. The van der Waals surface area contributed by atoms with Crippen molar-refractivity contribution in [2.24, 2.45) is 0 Å². The molecule has 0 aliphatic heterocycles. The Morgan fingerprint density at radius 1 is 1.50 bits per heavy atom. The van der Waals surface area contributed by atoms with Gasteiger partial charge in [-0.1, -0.05) is 36.7 Å². The van der Waals surface area contributed by atoms with Crippen molar-refractivity contribution in [3.05, 3.63) is 41.4 Å². The predicted molar refractivity (Wildman–Crippen MR) is 69.1 cm³/mol. The number of nitrogens with one attached hydrogen (secondary N) is 1. The van der Waals surface area contributed by atoms with E-state index in [4.69, 9.17) is 16.3 Å². The van der Waals surface area contributed by atoms with E-state index in [2.05, 4.69) is 18.8 Å². The summed E-state index contributed by atoms with van der Waals surface area (Å²) < 4.78 is 5.66. The molecule has 0 unspecified atom stereocenters. The van der Waals surface area contributed by atoms with Gasteiger partial charge in [0.05, 0.1) is 11.6 Å². The summed E-state index contributed by atoms with van der Waals surface area (Å²) in [5.41, 5.74) is 1.10. The molecule has 0 fully saturated rings. The zero-order valence-corrected chi connectivity index (χ0v) is 10.4. The third kappa shape index (κ3) is 3.87. The van der Waals surface area contributed by atoms with Gasteiger partial charge in [0.2, 0.25) is 0 Å². The fourth-order valence-electron chi connectivity index (χ4n) is 1.36. The first-order valence-corrected chi connectivity index (χ1v) is 5.89. The lowest BCUT2D eigenvalue weighted by Crippen LogP contribution is -2.13. The van der Waals surface area contributed by atoms with Crippen LogP contribution in [0.1, 0.15) is 18.9 Å². The van der Waals surface area contributed by atoms with Crippen LogP contribution in [-0.2, 0) is 6.54 Å². The number of halogens is 1. The Kier molecular flexibility index (Phi) is 5.98. The van der Waals surface area contributed by atoms with Crippen LogP contribution in [0, 0.1) is 0 Å². The van der Waals surface area contributed by atoms with Gasteiger partial charge >= 0.3 is 0 Å². The highest BCUT2D eigenvalue weighted by atomic mass is 35.5. The molecule has 0 atom stereocenters. The second-order valence-electron chi connectivity index (χ2n) is 3.43. The number of hydrogen-bond acceptors (Lipinski definition) is 2. The van der Waals surface area contributed by atoms with E-state index >= 15 is 0 Å². The van der Waals surface area contributed by atoms with Crippen molar-refractivity contribution < 1.29 is 4.74 Å². The summed E-state index contributed by atoms with van der Waals surface area (Å²) in [6.45, 7) is 8.06. The van der Waals surface area contributed by atoms with E-state index in [1.54, 1.807) is 0 Å². The number of hydrogen-bond donors (Lipinski definition) is 1. The highest BCUT2D eigenvalue weighted by Gasteiger charge is 2.07. The average Bonchev–Trinajstić information content (AvgIpc) is 2.29. The molecular formula is C13H18ClNO. The molecule has 16 heavy (non-hydrogen) atoms. The fraction of sp³-hybridized carbons (Fsp3) is 0.385. The monoisotopic (exact) mass is 239 g/mol. The van der Waals surface area contributed by atoms with Crippen molar-refractivity contribution in [2.75, 3.05) is 13.2 Å². The van der Waals surface area contributed by atoms with Gasteiger partial charge in [0.1, 0.15) is 5.75 Å². The van der Waals surface area contributed by atoms with Crippen LogP contribution in [0.25, 0.3) is 0 Å². The van der Waals surface area contributed by atoms with Crippen LogP contribution in [0.5, 0.6) is 5.75 Å². The van der Waals surface area contributed by atoms with E-state index in [9.17, 15) is 0 Å². The Hall–Kier alpha value is -0.990. The normalized spacial score (nSPS) is 10.1. The molecule has 1 N–H and O–H groups in total. The molecular weight excluding hydrogens is 222 g/mol. The van der Waals surface area contributed by atoms with Gasteiger partial charge in [-0.05, 0) is 19.0 Å². The summed E-state index contributed by atoms with van der Waals surface area (Å²) in [5.74, 6) is 0.784. The minimum atomic E-state index is 0.617. The third-order valence-electron chi connectivity index (χ3n) is 2.18. The smallest absolute Gasteiger partial charge is 0.142 e. The molecule has 0 radical (unpaired) electrons. The summed E-state index contributed by atoms with van der Waals surface area (Å²) >= 11 is 6.11. The lowest BCUT2D eigenvalue weighted by molar-refractivity contribution is 0.321. The van der Waals surface area contributed by atoms with Gasteiger partial charge in [0, 0.05) is 12.1 Å². The Bertz CT molecular complexity index is 339. The van der Waals surface area contributed by atoms with Gasteiger partial charge < -0.3 is 10.1 Å². The van der Waals surface area contributed by atoms with E-state index in [1.807, 2.05) is 24.3 Å². The fourth-order valence-corrected chi connectivity index (χ4v) is 1.61. The van der Waals surface area contributed by atoms with E-state index in [-0.39, 0.29) is 0 Å². The molecule has 2 nitrogen and oxygen atoms in total. The minimum absolute atomic E-state index is 0.617. The predicted octanol–water partition coefficient (Wildman–Crippen LogP) is 3.40. The number of ether oxygens (including phenoxy) is 1. The van der Waals surface area contributed by atoms with Crippen molar-refractivity contribution in [1.82, 2.24) is 5.32 Å². The Balaban J connectivity index is 2.72. The van der Waals surface area contributed by atoms with Crippen LogP contribution in [0.2, 0.25) is 5.02 Å². The molecule has 3 heteroatoms. The van der Waals surface area contributed by atoms with Gasteiger partial charge in [-0.25, -0.2) is 0 Å². The Morgan fingerprint density at radius 3 is 3.00 bits per heavy atom. The molecule has 0 aromatic heterocycles. The highest BCUT2D eigenvalue weighted by Crippen LogP contribution is 2.28.